The van der Waals surface area contributed by atoms with Crippen LogP contribution in [-0.4, -0.2) is 105 Å². The quantitative estimate of drug-likeness (QED) is 0.119. The second kappa shape index (κ2) is 17.9. The number of ether oxygens (including phenoxy) is 1. The summed E-state index contributed by atoms with van der Waals surface area (Å²) < 4.78 is 5.78. The molecule has 0 radical (unpaired) electrons. The summed E-state index contributed by atoms with van der Waals surface area (Å²) in [6, 6.07) is 24.4. The van der Waals surface area contributed by atoms with Gasteiger partial charge in [0.25, 0.3) is 11.8 Å². The van der Waals surface area contributed by atoms with E-state index in [4.69, 9.17) is 4.74 Å². The van der Waals surface area contributed by atoms with Crippen molar-refractivity contribution in [3.8, 4) is 11.1 Å². The third-order valence-corrected chi connectivity index (χ3v) is 9.10. The molecule has 4 N–H and O–H groups in total. The van der Waals surface area contributed by atoms with E-state index in [0.717, 1.165) is 35.9 Å². The number of carbonyl (C=O) groups excluding carboxylic acids is 3. The number of imidazole rings is 2. The average Bonchev–Trinajstić information content (AvgIpc) is 3.90. The standard InChI is InChI=1S/C39H45N9O4/c1-46(24-25-47-21-14-32(15-22-47)52-39(51)45-34-13-6-5-12-33(34)29-8-3-2-4-9-29)38(50)31-11-7-10-30(26-31)37(49)44-20-23-48(27-35-40-16-17-41-35)28-36-42-18-19-43-36/h2-13,16-19,26,32H,14-15,20-25,27-28H2,1H3,(H,40,41)(H,42,43)(H,44,49)(H,45,51). The van der Waals surface area contributed by atoms with Gasteiger partial charge in [-0.15, -0.1) is 0 Å². The van der Waals surface area contributed by atoms with Crippen LogP contribution in [0.2, 0.25) is 0 Å². The van der Waals surface area contributed by atoms with Crippen LogP contribution in [-0.2, 0) is 17.8 Å². The highest BCUT2D eigenvalue weighted by Crippen LogP contribution is 2.28. The highest BCUT2D eigenvalue weighted by Gasteiger charge is 2.24. The zero-order valence-electron chi connectivity index (χ0n) is 29.3. The maximum Gasteiger partial charge on any atom is 0.411 e. The number of piperidine rings is 1. The minimum Gasteiger partial charge on any atom is -0.446 e. The third kappa shape index (κ3) is 10.1. The number of benzene rings is 3. The number of aromatic nitrogens is 4. The van der Waals surface area contributed by atoms with Crippen molar-refractivity contribution < 1.29 is 19.1 Å². The lowest BCUT2D eigenvalue weighted by Crippen LogP contribution is -2.42. The highest BCUT2D eigenvalue weighted by atomic mass is 16.6. The lowest BCUT2D eigenvalue weighted by Gasteiger charge is -2.32. The summed E-state index contributed by atoms with van der Waals surface area (Å²) in [5, 5.41) is 5.90. The monoisotopic (exact) mass is 703 g/mol. The first-order valence-corrected chi connectivity index (χ1v) is 17.6. The van der Waals surface area contributed by atoms with Gasteiger partial charge in [0.05, 0.1) is 18.8 Å². The molecular formula is C39H45N9O4. The first kappa shape index (κ1) is 36.0. The molecule has 0 bridgehead atoms. The van der Waals surface area contributed by atoms with E-state index in [9.17, 15) is 14.4 Å². The Morgan fingerprint density at radius 2 is 1.52 bits per heavy atom. The number of carbonyl (C=O) groups is 3. The van der Waals surface area contributed by atoms with Crippen molar-refractivity contribution in [2.24, 2.45) is 0 Å². The minimum absolute atomic E-state index is 0.150. The highest BCUT2D eigenvalue weighted by molar-refractivity contribution is 5.99. The van der Waals surface area contributed by atoms with Crippen LogP contribution >= 0.6 is 0 Å². The summed E-state index contributed by atoms with van der Waals surface area (Å²) >= 11 is 0. The van der Waals surface area contributed by atoms with Gasteiger partial charge < -0.3 is 29.8 Å². The molecule has 270 valence electrons. The predicted molar refractivity (Wildman–Crippen MR) is 198 cm³/mol. The predicted octanol–water partition coefficient (Wildman–Crippen LogP) is 5.02. The molecule has 13 nitrogen and oxygen atoms in total. The van der Waals surface area contributed by atoms with E-state index in [1.54, 1.807) is 61.0 Å². The van der Waals surface area contributed by atoms with Crippen molar-refractivity contribution in [3.63, 3.8) is 0 Å². The number of H-pyrrole nitrogens is 2. The molecule has 1 aliphatic heterocycles. The fourth-order valence-corrected chi connectivity index (χ4v) is 6.25. The molecule has 3 aromatic carbocycles. The van der Waals surface area contributed by atoms with Gasteiger partial charge in [-0.2, -0.15) is 0 Å². The van der Waals surface area contributed by atoms with E-state index in [2.05, 4.69) is 40.4 Å². The number of anilines is 1. The Morgan fingerprint density at radius 3 is 2.21 bits per heavy atom. The summed E-state index contributed by atoms with van der Waals surface area (Å²) in [5.74, 6) is 1.26. The molecule has 3 heterocycles. The van der Waals surface area contributed by atoms with Crippen molar-refractivity contribution in [1.82, 2.24) is 40.0 Å². The van der Waals surface area contributed by atoms with Crippen molar-refractivity contribution in [2.75, 3.05) is 51.6 Å². The Balaban J connectivity index is 0.919. The normalized spacial score (nSPS) is 13.5. The molecule has 1 aliphatic rings. The van der Waals surface area contributed by atoms with E-state index in [1.807, 2.05) is 54.6 Å². The average molecular weight is 704 g/mol. The van der Waals surface area contributed by atoms with Crippen molar-refractivity contribution >= 4 is 23.6 Å². The fraction of sp³-hybridized carbons (Fsp3) is 0.308. The summed E-state index contributed by atoms with van der Waals surface area (Å²) in [6.45, 7) is 4.88. The Kier molecular flexibility index (Phi) is 12.4. The van der Waals surface area contributed by atoms with Crippen molar-refractivity contribution in [1.29, 1.82) is 0 Å². The zero-order valence-corrected chi connectivity index (χ0v) is 29.3. The molecular weight excluding hydrogens is 658 g/mol. The second-order valence-corrected chi connectivity index (χ2v) is 12.8. The largest absolute Gasteiger partial charge is 0.446 e. The van der Waals surface area contributed by atoms with Crippen LogP contribution in [0.4, 0.5) is 10.5 Å². The van der Waals surface area contributed by atoms with E-state index in [0.29, 0.717) is 68.9 Å². The molecule has 2 aromatic heterocycles. The summed E-state index contributed by atoms with van der Waals surface area (Å²) in [5.41, 5.74) is 3.55. The lowest BCUT2D eigenvalue weighted by atomic mass is 10.0. The number of amides is 3. The van der Waals surface area contributed by atoms with E-state index in [1.165, 1.54) is 0 Å². The van der Waals surface area contributed by atoms with Crippen LogP contribution in [0.25, 0.3) is 11.1 Å². The van der Waals surface area contributed by atoms with Crippen LogP contribution in [0.1, 0.15) is 45.2 Å². The van der Waals surface area contributed by atoms with Crippen LogP contribution in [0, 0.1) is 0 Å². The topological polar surface area (TPSA) is 152 Å². The van der Waals surface area contributed by atoms with Gasteiger partial charge in [0.15, 0.2) is 0 Å². The Hall–Kier alpha value is -5.79. The molecule has 5 aromatic rings. The number of likely N-dealkylation sites (N-methyl/N-ethyl adjacent to an activating group) is 1. The number of nitrogens with zero attached hydrogens (tertiary/aromatic N) is 5. The fourth-order valence-electron chi connectivity index (χ4n) is 6.25. The Labute approximate surface area is 303 Å². The Bertz CT molecular complexity index is 1840. The number of para-hydroxylation sites is 1. The number of hydrogen-bond acceptors (Lipinski definition) is 8. The van der Waals surface area contributed by atoms with Gasteiger partial charge in [0.1, 0.15) is 17.8 Å². The number of nitrogens with one attached hydrogen (secondary N) is 4. The third-order valence-electron chi connectivity index (χ3n) is 9.10. The molecule has 0 atom stereocenters. The molecule has 52 heavy (non-hydrogen) atoms. The number of rotatable bonds is 15. The smallest absolute Gasteiger partial charge is 0.411 e. The molecule has 1 fully saturated rings. The molecule has 0 saturated carbocycles. The van der Waals surface area contributed by atoms with Gasteiger partial charge in [0, 0.05) is 87.8 Å². The summed E-state index contributed by atoms with van der Waals surface area (Å²) in [6.07, 6.45) is 7.78. The zero-order chi connectivity index (χ0) is 36.1. The van der Waals surface area contributed by atoms with Crippen LogP contribution in [0.3, 0.4) is 0 Å². The molecule has 0 aliphatic carbocycles. The van der Waals surface area contributed by atoms with E-state index < -0.39 is 6.09 Å². The number of likely N-dealkylation sites (tertiary alicyclic amines) is 1. The first-order chi connectivity index (χ1) is 25.4. The first-order valence-electron chi connectivity index (χ1n) is 17.6. The van der Waals surface area contributed by atoms with Gasteiger partial charge in [-0.05, 0) is 42.7 Å². The van der Waals surface area contributed by atoms with Crippen molar-refractivity contribution in [3.05, 3.63) is 126 Å². The summed E-state index contributed by atoms with van der Waals surface area (Å²) in [7, 11) is 1.77. The molecule has 1 saturated heterocycles. The van der Waals surface area contributed by atoms with Gasteiger partial charge in [0.2, 0.25) is 0 Å². The van der Waals surface area contributed by atoms with Gasteiger partial charge >= 0.3 is 6.09 Å². The SMILES string of the molecule is CN(CCN1CCC(OC(=O)Nc2ccccc2-c2ccccc2)CC1)C(=O)c1cccc(C(=O)NCCN(Cc2ncc[nH]2)Cc2ncc[nH]2)c1. The number of aromatic amines is 2. The van der Waals surface area contributed by atoms with Crippen LogP contribution in [0.5, 0.6) is 0 Å². The summed E-state index contributed by atoms with van der Waals surface area (Å²) in [4.78, 5) is 60.1. The van der Waals surface area contributed by atoms with Crippen LogP contribution in [0.15, 0.2) is 104 Å². The van der Waals surface area contributed by atoms with E-state index >= 15 is 0 Å². The maximum absolute atomic E-state index is 13.3. The van der Waals surface area contributed by atoms with Gasteiger partial charge in [-0.25, -0.2) is 14.8 Å². The molecule has 13 heteroatoms. The van der Waals surface area contributed by atoms with Crippen molar-refractivity contribution in [2.45, 2.75) is 32.0 Å². The van der Waals surface area contributed by atoms with Gasteiger partial charge in [-0.3, -0.25) is 19.8 Å². The Morgan fingerprint density at radius 1 is 0.846 bits per heavy atom. The molecule has 3 amide bonds. The van der Waals surface area contributed by atoms with Gasteiger partial charge in [-0.1, -0.05) is 54.6 Å². The number of hydrogen-bond donors (Lipinski definition) is 4. The van der Waals surface area contributed by atoms with E-state index in [-0.39, 0.29) is 17.9 Å². The molecule has 0 spiro atoms. The molecule has 6 rings (SSSR count). The van der Waals surface area contributed by atoms with Crippen LogP contribution < -0.4 is 10.6 Å². The molecule has 0 unspecified atom stereocenters. The second-order valence-electron chi connectivity index (χ2n) is 12.8. The maximum atomic E-state index is 13.3. The minimum atomic E-state index is -0.458. The lowest BCUT2D eigenvalue weighted by molar-refractivity contribution is 0.0540.